The molecule has 7 heteroatoms. The van der Waals surface area contributed by atoms with E-state index >= 15 is 0 Å². The predicted molar refractivity (Wildman–Crippen MR) is 76.4 cm³/mol. The van der Waals surface area contributed by atoms with Gasteiger partial charge in [0.25, 0.3) is 0 Å². The van der Waals surface area contributed by atoms with Gasteiger partial charge in [0.15, 0.2) is 0 Å². The zero-order valence-corrected chi connectivity index (χ0v) is 13.5. The number of nitrogens with zero attached hydrogens (tertiary/aromatic N) is 2. The van der Waals surface area contributed by atoms with Crippen molar-refractivity contribution in [2.45, 2.75) is 38.5 Å². The van der Waals surface area contributed by atoms with Crippen molar-refractivity contribution in [1.29, 1.82) is 0 Å². The molecule has 112 valence electrons. The van der Waals surface area contributed by atoms with E-state index in [1.54, 1.807) is 9.80 Å². The molecule has 0 radical (unpaired) electrons. The Hall–Kier alpha value is -0.126. The fourth-order valence-electron chi connectivity index (χ4n) is 2.15. The van der Waals surface area contributed by atoms with E-state index in [-0.39, 0.29) is 27.0 Å². The molecular weight excluding hydrogens is 327 g/mol. The van der Waals surface area contributed by atoms with Gasteiger partial charge in [-0.05, 0) is 38.5 Å². The number of hydrogen-bond acceptors (Lipinski definition) is 4. The first-order chi connectivity index (χ1) is 8.61. The van der Waals surface area contributed by atoms with Gasteiger partial charge in [0.2, 0.25) is 0 Å². The molecule has 0 atom stereocenters. The Morgan fingerprint density at radius 1 is 0.632 bits per heavy atom. The van der Waals surface area contributed by atoms with Crippen LogP contribution in [0.25, 0.3) is 0 Å². The monoisotopic (exact) mass is 346 g/mol. The first-order valence-electron chi connectivity index (χ1n) is 6.53. The van der Waals surface area contributed by atoms with Gasteiger partial charge >= 0.3 is 16.5 Å². The number of piperidine rings is 2. The van der Waals surface area contributed by atoms with Gasteiger partial charge in [0.05, 0.1) is 0 Å². The second-order valence-corrected chi connectivity index (χ2v) is 5.33. The molecule has 0 saturated carbocycles. The second-order valence-electron chi connectivity index (χ2n) is 4.63. The first kappa shape index (κ1) is 18.9. The molecule has 2 amide bonds. The largest absolute Gasteiger partial charge is 2.00 e. The molecule has 2 aliphatic heterocycles. The number of likely N-dealkylation sites (tertiary alicyclic amines) is 2. The third-order valence-corrected chi connectivity index (χ3v) is 3.74. The Labute approximate surface area is 136 Å². The smallest absolute Gasteiger partial charge is 0.719 e. The first-order valence-corrected chi connectivity index (χ1v) is 7.35. The molecule has 2 aliphatic rings. The summed E-state index contributed by atoms with van der Waals surface area (Å²) < 4.78 is 0. The van der Waals surface area contributed by atoms with Gasteiger partial charge in [-0.15, -0.1) is 0 Å². The van der Waals surface area contributed by atoms with Crippen LogP contribution in [0.3, 0.4) is 0 Å². The summed E-state index contributed by atoms with van der Waals surface area (Å²) in [7, 11) is 0. The summed E-state index contributed by atoms with van der Waals surface area (Å²) in [6, 6.07) is 0. The molecule has 0 aromatic carbocycles. The van der Waals surface area contributed by atoms with Crippen molar-refractivity contribution in [3.8, 4) is 0 Å². The number of carbonyl (C=O) groups excluding carboxylic acids is 2. The standard InChI is InChI=1S/2C6H11NOS.Ni/c2*8-6(9)7-4-2-1-3-5-7;/h2*1-5H2,(H,8,9);/q;;+2/p-2. The van der Waals surface area contributed by atoms with Crippen molar-refractivity contribution >= 4 is 35.7 Å². The summed E-state index contributed by atoms with van der Waals surface area (Å²) in [4.78, 5) is 24.5. The van der Waals surface area contributed by atoms with Crippen LogP contribution in [0, 0.1) is 0 Å². The number of rotatable bonds is 0. The van der Waals surface area contributed by atoms with Gasteiger partial charge in [-0.3, -0.25) is 0 Å². The van der Waals surface area contributed by atoms with Crippen LogP contribution in [0.2, 0.25) is 0 Å². The van der Waals surface area contributed by atoms with E-state index in [1.165, 1.54) is 12.8 Å². The van der Waals surface area contributed by atoms with Crippen LogP contribution < -0.4 is 0 Å². The minimum atomic E-state index is -0.185. The maximum absolute atomic E-state index is 10.5. The fraction of sp³-hybridized carbons (Fsp3) is 0.833. The molecule has 0 spiro atoms. The van der Waals surface area contributed by atoms with Gasteiger partial charge in [-0.25, -0.2) is 0 Å². The maximum Gasteiger partial charge on any atom is 2.00 e. The number of amides is 2. The summed E-state index contributed by atoms with van der Waals surface area (Å²) in [6.45, 7) is 3.51. The summed E-state index contributed by atoms with van der Waals surface area (Å²) >= 11 is 8.97. The Morgan fingerprint density at radius 2 is 0.895 bits per heavy atom. The van der Waals surface area contributed by atoms with E-state index in [0.29, 0.717) is 0 Å². The number of hydrogen-bond donors (Lipinski definition) is 0. The quantitative estimate of drug-likeness (QED) is 0.498. The van der Waals surface area contributed by atoms with Crippen LogP contribution in [-0.4, -0.2) is 46.5 Å². The average molecular weight is 347 g/mol. The summed E-state index contributed by atoms with van der Waals surface area (Å²) in [5, 5.41) is -0.371. The van der Waals surface area contributed by atoms with Gasteiger partial charge in [-0.1, -0.05) is 0 Å². The van der Waals surface area contributed by atoms with Crippen LogP contribution >= 0.6 is 0 Å². The van der Waals surface area contributed by atoms with Gasteiger partial charge < -0.3 is 44.6 Å². The van der Waals surface area contributed by atoms with E-state index < -0.39 is 0 Å². The Morgan fingerprint density at radius 3 is 1.05 bits per heavy atom. The van der Waals surface area contributed by atoms with E-state index in [4.69, 9.17) is 0 Å². The second kappa shape index (κ2) is 10.6. The Bertz CT molecular complexity index is 253. The van der Waals surface area contributed by atoms with Crippen molar-refractivity contribution < 1.29 is 26.1 Å². The van der Waals surface area contributed by atoms with Crippen molar-refractivity contribution in [2.24, 2.45) is 0 Å². The third kappa shape index (κ3) is 7.90. The van der Waals surface area contributed by atoms with E-state index in [2.05, 4.69) is 25.3 Å². The van der Waals surface area contributed by atoms with Crippen molar-refractivity contribution in [3.63, 3.8) is 0 Å². The molecular formula is C12H20N2NiO2S2. The minimum absolute atomic E-state index is 0. The molecule has 0 aromatic heterocycles. The van der Waals surface area contributed by atoms with E-state index in [9.17, 15) is 9.59 Å². The van der Waals surface area contributed by atoms with Crippen LogP contribution in [0.4, 0.5) is 9.59 Å². The van der Waals surface area contributed by atoms with Gasteiger partial charge in [0.1, 0.15) is 10.5 Å². The summed E-state index contributed by atoms with van der Waals surface area (Å²) in [5.41, 5.74) is 0. The van der Waals surface area contributed by atoms with Gasteiger partial charge in [-0.2, -0.15) is 0 Å². The average Bonchev–Trinajstić information content (AvgIpc) is 2.41. The molecule has 0 bridgehead atoms. The molecule has 19 heavy (non-hydrogen) atoms. The topological polar surface area (TPSA) is 40.6 Å². The third-order valence-electron chi connectivity index (χ3n) is 3.23. The Kier molecular flexibility index (Phi) is 10.6. The molecule has 0 aromatic rings. The molecule has 0 unspecified atom stereocenters. The molecule has 0 N–H and O–H groups in total. The normalized spacial score (nSPS) is 18.7. The molecule has 2 heterocycles. The molecule has 4 nitrogen and oxygen atoms in total. The molecule has 2 rings (SSSR count). The van der Waals surface area contributed by atoms with Gasteiger partial charge in [0, 0.05) is 26.2 Å². The molecule has 2 fully saturated rings. The zero-order chi connectivity index (χ0) is 13.4. The predicted octanol–water partition coefficient (Wildman–Crippen LogP) is 2.28. The number of carbonyl (C=O) groups is 2. The van der Waals surface area contributed by atoms with Crippen molar-refractivity contribution in [1.82, 2.24) is 9.80 Å². The van der Waals surface area contributed by atoms with Crippen LogP contribution in [0.15, 0.2) is 0 Å². The SMILES string of the molecule is O=C([S-])N1CCCCC1.O=C([S-])N1CCCCC1.[Ni+2]. The van der Waals surface area contributed by atoms with Crippen molar-refractivity contribution in [2.75, 3.05) is 26.2 Å². The maximum atomic E-state index is 10.5. The fourth-order valence-corrected chi connectivity index (χ4v) is 2.52. The minimum Gasteiger partial charge on any atom is -0.719 e. The van der Waals surface area contributed by atoms with Crippen LogP contribution in [0.5, 0.6) is 0 Å². The van der Waals surface area contributed by atoms with Crippen LogP contribution in [-0.2, 0) is 41.7 Å². The van der Waals surface area contributed by atoms with E-state index in [0.717, 1.165) is 51.9 Å². The zero-order valence-electron chi connectivity index (χ0n) is 10.9. The Balaban J connectivity index is 0.000000324. The van der Waals surface area contributed by atoms with Crippen LogP contribution in [0.1, 0.15) is 38.5 Å². The summed E-state index contributed by atoms with van der Waals surface area (Å²) in [6.07, 6.45) is 7.01. The van der Waals surface area contributed by atoms with E-state index in [1.807, 2.05) is 0 Å². The molecule has 0 aliphatic carbocycles. The van der Waals surface area contributed by atoms with Crippen molar-refractivity contribution in [3.05, 3.63) is 0 Å². The molecule has 2 saturated heterocycles. The summed E-state index contributed by atoms with van der Waals surface area (Å²) in [5.74, 6) is 0.